The number of hydrogen-bond donors (Lipinski definition) is 0. The van der Waals surface area contributed by atoms with Crippen molar-refractivity contribution < 1.29 is 14.3 Å². The van der Waals surface area contributed by atoms with Gasteiger partial charge in [-0.15, -0.1) is 0 Å². The summed E-state index contributed by atoms with van der Waals surface area (Å²) in [5, 5.41) is 0. The van der Waals surface area contributed by atoms with Crippen molar-refractivity contribution in [2.45, 2.75) is 51.5 Å². The van der Waals surface area contributed by atoms with Gasteiger partial charge in [0.1, 0.15) is 0 Å². The van der Waals surface area contributed by atoms with E-state index >= 15 is 0 Å². The Balaban J connectivity index is 1.73. The molecule has 4 heteroatoms. The van der Waals surface area contributed by atoms with Crippen LogP contribution in [0.2, 0.25) is 0 Å². The molecule has 1 amide bonds. The topological polar surface area (TPSA) is 46.6 Å². The number of rotatable bonds is 7. The molecule has 0 aromatic heterocycles. The summed E-state index contributed by atoms with van der Waals surface area (Å²) in [5.41, 5.74) is 0. The van der Waals surface area contributed by atoms with Crippen LogP contribution in [0, 0.1) is 5.92 Å². The van der Waals surface area contributed by atoms with Crippen LogP contribution in [-0.2, 0) is 14.3 Å². The molecule has 2 aliphatic rings. The van der Waals surface area contributed by atoms with Crippen LogP contribution < -0.4 is 0 Å². The molecule has 2 rings (SSSR count). The molecule has 96 valence electrons. The summed E-state index contributed by atoms with van der Waals surface area (Å²) in [6, 6.07) is 0.463. The Morgan fingerprint density at radius 1 is 1.18 bits per heavy atom. The molecule has 0 spiro atoms. The number of ether oxygens (including phenoxy) is 1. The van der Waals surface area contributed by atoms with E-state index in [1.165, 1.54) is 12.8 Å². The molecular formula is C13H21NO3. The molecule has 0 bridgehead atoms. The summed E-state index contributed by atoms with van der Waals surface area (Å²) in [6.45, 7) is 3.08. The van der Waals surface area contributed by atoms with Crippen molar-refractivity contribution in [3.63, 3.8) is 0 Å². The highest BCUT2D eigenvalue weighted by Crippen LogP contribution is 2.35. The Kier molecular flexibility index (Phi) is 4.02. The van der Waals surface area contributed by atoms with E-state index in [0.29, 0.717) is 19.1 Å². The van der Waals surface area contributed by atoms with Crippen LogP contribution in [0.3, 0.4) is 0 Å². The maximum absolute atomic E-state index is 12.0. The van der Waals surface area contributed by atoms with Gasteiger partial charge in [0, 0.05) is 19.0 Å². The first-order valence-electron chi connectivity index (χ1n) is 6.65. The minimum Gasteiger partial charge on any atom is -0.466 e. The van der Waals surface area contributed by atoms with Crippen molar-refractivity contribution in [1.29, 1.82) is 0 Å². The zero-order chi connectivity index (χ0) is 12.3. The van der Waals surface area contributed by atoms with Gasteiger partial charge in [-0.1, -0.05) is 0 Å². The lowest BCUT2D eigenvalue weighted by atomic mass is 10.2. The fourth-order valence-electron chi connectivity index (χ4n) is 2.01. The van der Waals surface area contributed by atoms with E-state index in [9.17, 15) is 9.59 Å². The summed E-state index contributed by atoms with van der Waals surface area (Å²) in [6.07, 6.45) is 5.32. The molecule has 0 heterocycles. The van der Waals surface area contributed by atoms with Crippen LogP contribution in [0.5, 0.6) is 0 Å². The quantitative estimate of drug-likeness (QED) is 0.636. The van der Waals surface area contributed by atoms with Gasteiger partial charge >= 0.3 is 5.97 Å². The van der Waals surface area contributed by atoms with Gasteiger partial charge in [-0.05, 0) is 38.5 Å². The lowest BCUT2D eigenvalue weighted by Crippen LogP contribution is -2.35. The number of carbonyl (C=O) groups is 2. The Hall–Kier alpha value is -1.06. The molecule has 0 radical (unpaired) electrons. The molecule has 0 saturated heterocycles. The van der Waals surface area contributed by atoms with E-state index in [-0.39, 0.29) is 18.3 Å². The third-order valence-corrected chi connectivity index (χ3v) is 3.31. The van der Waals surface area contributed by atoms with Crippen LogP contribution in [0.15, 0.2) is 0 Å². The normalized spacial score (nSPS) is 18.9. The molecule has 4 nitrogen and oxygen atoms in total. The standard InChI is InChI=1S/C13H21NO3/c1-2-17-13(16)8-7-12(15)14(11-5-6-11)9-10-3-4-10/h10-11H,2-9H2,1H3. The summed E-state index contributed by atoms with van der Waals surface area (Å²) >= 11 is 0. The van der Waals surface area contributed by atoms with Crippen LogP contribution in [0.25, 0.3) is 0 Å². The number of carbonyl (C=O) groups excluding carboxylic acids is 2. The predicted molar refractivity (Wildman–Crippen MR) is 63.3 cm³/mol. The summed E-state index contributed by atoms with van der Waals surface area (Å²) in [5.74, 6) is 0.595. The first kappa shape index (κ1) is 12.4. The van der Waals surface area contributed by atoms with E-state index in [1.54, 1.807) is 6.92 Å². The first-order chi connectivity index (χ1) is 8.20. The number of esters is 1. The van der Waals surface area contributed by atoms with Crippen LogP contribution in [0.1, 0.15) is 45.4 Å². The van der Waals surface area contributed by atoms with Crippen LogP contribution in [-0.4, -0.2) is 36.0 Å². The Morgan fingerprint density at radius 2 is 1.88 bits per heavy atom. The highest BCUT2D eigenvalue weighted by atomic mass is 16.5. The van der Waals surface area contributed by atoms with Gasteiger partial charge in [0.25, 0.3) is 0 Å². The van der Waals surface area contributed by atoms with Crippen LogP contribution in [0.4, 0.5) is 0 Å². The molecule has 0 atom stereocenters. The van der Waals surface area contributed by atoms with E-state index in [0.717, 1.165) is 25.3 Å². The van der Waals surface area contributed by atoms with Gasteiger partial charge < -0.3 is 9.64 Å². The van der Waals surface area contributed by atoms with Crippen molar-refractivity contribution in [2.75, 3.05) is 13.2 Å². The van der Waals surface area contributed by atoms with Gasteiger partial charge in [0.2, 0.25) is 5.91 Å². The van der Waals surface area contributed by atoms with Gasteiger partial charge in [0.05, 0.1) is 13.0 Å². The van der Waals surface area contributed by atoms with Gasteiger partial charge in [0.15, 0.2) is 0 Å². The van der Waals surface area contributed by atoms with Crippen molar-refractivity contribution in [2.24, 2.45) is 5.92 Å². The first-order valence-corrected chi connectivity index (χ1v) is 6.65. The second-order valence-corrected chi connectivity index (χ2v) is 5.03. The average Bonchev–Trinajstić information content (AvgIpc) is 3.15. The second-order valence-electron chi connectivity index (χ2n) is 5.03. The fraction of sp³-hybridized carbons (Fsp3) is 0.846. The number of hydrogen-bond acceptors (Lipinski definition) is 3. The second kappa shape index (κ2) is 5.52. The highest BCUT2D eigenvalue weighted by molar-refractivity contribution is 5.81. The predicted octanol–water partition coefficient (Wildman–Crippen LogP) is 1.73. The molecule has 0 aromatic rings. The average molecular weight is 239 g/mol. The third kappa shape index (κ3) is 4.02. The molecule has 2 aliphatic carbocycles. The molecule has 0 aromatic carbocycles. The summed E-state index contributed by atoms with van der Waals surface area (Å²) in [7, 11) is 0. The molecule has 0 N–H and O–H groups in total. The fourth-order valence-corrected chi connectivity index (χ4v) is 2.01. The number of nitrogens with zero attached hydrogens (tertiary/aromatic N) is 1. The maximum Gasteiger partial charge on any atom is 0.306 e. The highest BCUT2D eigenvalue weighted by Gasteiger charge is 2.36. The Bertz CT molecular complexity index is 295. The molecule has 2 saturated carbocycles. The number of amides is 1. The maximum atomic E-state index is 12.0. The largest absolute Gasteiger partial charge is 0.466 e. The van der Waals surface area contributed by atoms with E-state index < -0.39 is 0 Å². The molecule has 0 unspecified atom stereocenters. The lowest BCUT2D eigenvalue weighted by molar-refractivity contribution is -0.145. The lowest BCUT2D eigenvalue weighted by Gasteiger charge is -2.22. The van der Waals surface area contributed by atoms with E-state index in [4.69, 9.17) is 4.74 Å². The van der Waals surface area contributed by atoms with Crippen molar-refractivity contribution in [1.82, 2.24) is 4.90 Å². The zero-order valence-corrected chi connectivity index (χ0v) is 10.5. The minimum atomic E-state index is -0.261. The SMILES string of the molecule is CCOC(=O)CCC(=O)N(CC1CC1)C1CC1. The van der Waals surface area contributed by atoms with Gasteiger partial charge in [-0.2, -0.15) is 0 Å². The Labute approximate surface area is 102 Å². The molecular weight excluding hydrogens is 218 g/mol. The van der Waals surface area contributed by atoms with Crippen LogP contribution >= 0.6 is 0 Å². The third-order valence-electron chi connectivity index (χ3n) is 3.31. The molecule has 2 fully saturated rings. The molecule has 0 aliphatic heterocycles. The summed E-state index contributed by atoms with van der Waals surface area (Å²) < 4.78 is 4.83. The van der Waals surface area contributed by atoms with Crippen molar-refractivity contribution in [3.05, 3.63) is 0 Å². The molecule has 17 heavy (non-hydrogen) atoms. The van der Waals surface area contributed by atoms with Crippen molar-refractivity contribution in [3.8, 4) is 0 Å². The monoisotopic (exact) mass is 239 g/mol. The minimum absolute atomic E-state index is 0.132. The van der Waals surface area contributed by atoms with E-state index in [1.807, 2.05) is 4.90 Å². The summed E-state index contributed by atoms with van der Waals surface area (Å²) in [4.78, 5) is 25.2. The van der Waals surface area contributed by atoms with Crippen molar-refractivity contribution >= 4 is 11.9 Å². The van der Waals surface area contributed by atoms with Gasteiger partial charge in [-0.3, -0.25) is 9.59 Å². The van der Waals surface area contributed by atoms with E-state index in [2.05, 4.69) is 0 Å². The zero-order valence-electron chi connectivity index (χ0n) is 10.5. The Morgan fingerprint density at radius 3 is 2.41 bits per heavy atom. The smallest absolute Gasteiger partial charge is 0.306 e. The van der Waals surface area contributed by atoms with Gasteiger partial charge in [-0.25, -0.2) is 0 Å².